The van der Waals surface area contributed by atoms with E-state index >= 15 is 0 Å². The number of carbonyl (C=O) groups excluding carboxylic acids is 2. The first-order valence-electron chi connectivity index (χ1n) is 11.8. The molecule has 1 aliphatic heterocycles. The van der Waals surface area contributed by atoms with Crippen LogP contribution in [0.15, 0.2) is 71.8 Å². The van der Waals surface area contributed by atoms with Crippen molar-refractivity contribution < 1.29 is 9.59 Å². The van der Waals surface area contributed by atoms with Gasteiger partial charge < -0.3 is 15.5 Å². The molecule has 0 radical (unpaired) electrons. The van der Waals surface area contributed by atoms with Crippen molar-refractivity contribution in [3.05, 3.63) is 87.4 Å². The maximum absolute atomic E-state index is 14.2. The first-order valence-corrected chi connectivity index (χ1v) is 12.9. The van der Waals surface area contributed by atoms with Crippen LogP contribution in [0, 0.1) is 0 Å². The molecule has 0 aromatic heterocycles. The smallest absolute Gasteiger partial charge is 0.300 e. The van der Waals surface area contributed by atoms with Crippen LogP contribution in [0.3, 0.4) is 0 Å². The molecule has 1 unspecified atom stereocenters. The Labute approximate surface area is 231 Å². The number of amides is 2. The number of hydrogen-bond acceptors (Lipinski definition) is 5. The van der Waals surface area contributed by atoms with Crippen LogP contribution in [-0.4, -0.2) is 36.3 Å². The molecule has 0 saturated heterocycles. The molecule has 0 bridgehead atoms. The van der Waals surface area contributed by atoms with Crippen LogP contribution in [0.4, 0.5) is 17.1 Å². The molecule has 0 spiro atoms. The minimum atomic E-state index is -1.74. The third kappa shape index (κ3) is 5.25. The number of hydrazone groups is 1. The second-order valence-electron chi connectivity index (χ2n) is 8.42. The number of anilines is 3. The lowest BCUT2D eigenvalue weighted by molar-refractivity contribution is -0.127. The molecular weight excluding hydrogens is 533 g/mol. The Morgan fingerprint density at radius 3 is 2.11 bits per heavy atom. The molecule has 37 heavy (non-hydrogen) atoms. The van der Waals surface area contributed by atoms with Gasteiger partial charge in [0, 0.05) is 42.0 Å². The minimum absolute atomic E-state index is 0.143. The number of nitrogens with one attached hydrogen (secondary N) is 2. The lowest BCUT2D eigenvalue weighted by Crippen LogP contribution is -2.64. The summed E-state index contributed by atoms with van der Waals surface area (Å²) in [5, 5.41) is 12.4. The fourth-order valence-corrected chi connectivity index (χ4v) is 5.30. The maximum atomic E-state index is 14.2. The van der Waals surface area contributed by atoms with Gasteiger partial charge in [0.05, 0.1) is 10.0 Å². The van der Waals surface area contributed by atoms with Crippen LogP contribution in [0.25, 0.3) is 0 Å². The van der Waals surface area contributed by atoms with Gasteiger partial charge in [-0.05, 0) is 50.2 Å². The van der Waals surface area contributed by atoms with Crippen molar-refractivity contribution >= 4 is 69.4 Å². The fourth-order valence-electron chi connectivity index (χ4n) is 4.32. The van der Waals surface area contributed by atoms with Gasteiger partial charge in [-0.25, -0.2) is 0 Å². The highest BCUT2D eigenvalue weighted by Crippen LogP contribution is 2.41. The summed E-state index contributed by atoms with van der Waals surface area (Å²) in [5.74, 6) is -1.01. The first-order chi connectivity index (χ1) is 17.7. The molecule has 192 valence electrons. The van der Waals surface area contributed by atoms with Gasteiger partial charge in [-0.1, -0.05) is 65.1 Å². The van der Waals surface area contributed by atoms with E-state index < -0.39 is 17.5 Å². The van der Waals surface area contributed by atoms with Gasteiger partial charge in [0.1, 0.15) is 11.4 Å². The highest BCUT2D eigenvalue weighted by Gasteiger charge is 2.54. The van der Waals surface area contributed by atoms with E-state index in [1.54, 1.807) is 0 Å². The first kappa shape index (κ1) is 26.8. The van der Waals surface area contributed by atoms with Gasteiger partial charge in [-0.3, -0.25) is 9.59 Å². The van der Waals surface area contributed by atoms with Crippen molar-refractivity contribution in [3.63, 3.8) is 0 Å². The average molecular weight is 559 g/mol. The molecule has 1 heterocycles. The normalized spacial score (nSPS) is 17.0. The summed E-state index contributed by atoms with van der Waals surface area (Å²) in [4.78, 5) is 28.9. The molecule has 3 aromatic carbocycles. The number of benzene rings is 3. The van der Waals surface area contributed by atoms with Crippen molar-refractivity contribution in [1.29, 1.82) is 0 Å². The van der Waals surface area contributed by atoms with E-state index in [0.29, 0.717) is 16.3 Å². The summed E-state index contributed by atoms with van der Waals surface area (Å²) < 4.78 is 0. The Kier molecular flexibility index (Phi) is 7.97. The Bertz CT molecular complexity index is 1320. The molecule has 0 saturated carbocycles. The molecule has 0 fully saturated rings. The van der Waals surface area contributed by atoms with Crippen LogP contribution >= 0.6 is 34.8 Å². The molecule has 2 N–H and O–H groups in total. The van der Waals surface area contributed by atoms with Gasteiger partial charge in [0.25, 0.3) is 0 Å². The minimum Gasteiger partial charge on any atom is -0.372 e. The Morgan fingerprint density at radius 2 is 1.57 bits per heavy atom. The number of nitrogens with zero attached hydrogens (tertiary/aromatic N) is 3. The molecule has 10 heteroatoms. The van der Waals surface area contributed by atoms with E-state index in [1.165, 1.54) is 19.1 Å². The van der Waals surface area contributed by atoms with E-state index in [9.17, 15) is 9.59 Å². The summed E-state index contributed by atoms with van der Waals surface area (Å²) in [6.07, 6.45) is 0. The van der Waals surface area contributed by atoms with Crippen LogP contribution < -0.4 is 20.5 Å². The zero-order valence-corrected chi connectivity index (χ0v) is 22.8. The largest absolute Gasteiger partial charge is 0.372 e. The second kappa shape index (κ2) is 11.0. The summed E-state index contributed by atoms with van der Waals surface area (Å²) >= 11 is 19.0. The third-order valence-electron chi connectivity index (χ3n) is 6.00. The predicted octanol–water partition coefficient (Wildman–Crippen LogP) is 6.19. The standard InChI is InChI=1S/C27H26Cl3N5O2/c1-4-34(5-2)21-13-11-20(12-14-21)32-27(31-17(3)36)25(18-9-7-6-8-10-18)33-35(26(27)37)24-22(29)15-19(28)16-23(24)30/h6-16,32H,4-5H2,1-3H3,(H,31,36). The van der Waals surface area contributed by atoms with Crippen molar-refractivity contribution in [2.45, 2.75) is 26.4 Å². The third-order valence-corrected chi connectivity index (χ3v) is 6.79. The molecule has 7 nitrogen and oxygen atoms in total. The predicted molar refractivity (Wildman–Crippen MR) is 152 cm³/mol. The maximum Gasteiger partial charge on any atom is 0.300 e. The van der Waals surface area contributed by atoms with Crippen LogP contribution in [-0.2, 0) is 9.59 Å². The SMILES string of the molecule is CCN(CC)c1ccc(NC2(NC(C)=O)C(=O)N(c3c(Cl)cc(Cl)cc3Cl)N=C2c2ccccc2)cc1. The topological polar surface area (TPSA) is 77.0 Å². The van der Waals surface area contributed by atoms with Crippen molar-refractivity contribution in [3.8, 4) is 0 Å². The zero-order valence-electron chi connectivity index (χ0n) is 20.6. The van der Waals surface area contributed by atoms with Gasteiger partial charge in [-0.2, -0.15) is 10.1 Å². The quantitative estimate of drug-likeness (QED) is 0.323. The highest BCUT2D eigenvalue weighted by atomic mass is 35.5. The average Bonchev–Trinajstić information content (AvgIpc) is 3.12. The van der Waals surface area contributed by atoms with E-state index in [1.807, 2.05) is 54.6 Å². The highest BCUT2D eigenvalue weighted by molar-refractivity contribution is 6.43. The summed E-state index contributed by atoms with van der Waals surface area (Å²) in [5.41, 5.74) is 0.980. The number of rotatable bonds is 8. The molecule has 2 amide bonds. The molecule has 1 atom stereocenters. The second-order valence-corrected chi connectivity index (χ2v) is 9.68. The van der Waals surface area contributed by atoms with Gasteiger partial charge in [0.15, 0.2) is 0 Å². The van der Waals surface area contributed by atoms with Crippen molar-refractivity contribution in [1.82, 2.24) is 5.32 Å². The monoisotopic (exact) mass is 557 g/mol. The Hall–Kier alpha value is -3.26. The Balaban J connectivity index is 1.86. The van der Waals surface area contributed by atoms with Gasteiger partial charge >= 0.3 is 5.91 Å². The summed E-state index contributed by atoms with van der Waals surface area (Å²) in [7, 11) is 0. The van der Waals surface area contributed by atoms with Crippen LogP contribution in [0.5, 0.6) is 0 Å². The number of carbonyl (C=O) groups is 2. The molecule has 0 aliphatic carbocycles. The molecule has 3 aromatic rings. The van der Waals surface area contributed by atoms with Gasteiger partial charge in [-0.15, -0.1) is 0 Å². The summed E-state index contributed by atoms with van der Waals surface area (Å²) in [6, 6.07) is 19.7. The van der Waals surface area contributed by atoms with Crippen molar-refractivity contribution in [2.24, 2.45) is 5.10 Å². The number of halogens is 3. The van der Waals surface area contributed by atoms with E-state index in [2.05, 4.69) is 34.5 Å². The lowest BCUT2D eigenvalue weighted by atomic mass is 9.95. The molecule has 1 aliphatic rings. The van der Waals surface area contributed by atoms with E-state index in [-0.39, 0.29) is 21.4 Å². The lowest BCUT2D eigenvalue weighted by Gasteiger charge is -2.32. The molecular formula is C27H26Cl3N5O2. The van der Waals surface area contributed by atoms with Crippen LogP contribution in [0.1, 0.15) is 26.3 Å². The van der Waals surface area contributed by atoms with Gasteiger partial charge in [0.2, 0.25) is 11.6 Å². The Morgan fingerprint density at radius 1 is 0.973 bits per heavy atom. The van der Waals surface area contributed by atoms with E-state index in [4.69, 9.17) is 34.8 Å². The fraction of sp³-hybridized carbons (Fsp3) is 0.222. The van der Waals surface area contributed by atoms with E-state index in [0.717, 1.165) is 23.8 Å². The summed E-state index contributed by atoms with van der Waals surface area (Å²) in [6.45, 7) is 7.24. The number of hydrogen-bond donors (Lipinski definition) is 2. The zero-order chi connectivity index (χ0) is 26.7. The molecule has 4 rings (SSSR count). The van der Waals surface area contributed by atoms with Crippen molar-refractivity contribution in [2.75, 3.05) is 28.3 Å². The van der Waals surface area contributed by atoms with Crippen LogP contribution in [0.2, 0.25) is 15.1 Å².